The second-order valence-corrected chi connectivity index (χ2v) is 1.93. The zero-order valence-corrected chi connectivity index (χ0v) is 6.47. The van der Waals surface area contributed by atoms with Gasteiger partial charge in [-0.05, 0) is 17.4 Å². The number of hydrogen-bond acceptors (Lipinski definition) is 5. The molecule has 66 valence electrons. The maximum absolute atomic E-state index is 10.4. The van der Waals surface area contributed by atoms with Crippen molar-refractivity contribution in [1.29, 1.82) is 0 Å². The van der Waals surface area contributed by atoms with E-state index in [1.165, 1.54) is 0 Å². The van der Waals surface area contributed by atoms with Gasteiger partial charge in [-0.25, -0.2) is 4.79 Å². The number of hydrogen-bond donors (Lipinski definition) is 1. The number of carboxylic acids is 1. The molecule has 7 heteroatoms. The largest absolute Gasteiger partial charge is 0.475 e. The van der Waals surface area contributed by atoms with Gasteiger partial charge in [0.2, 0.25) is 0 Å². The molecular formula is C5H8N4O3. The topological polar surface area (TPSA) is 90.1 Å². The van der Waals surface area contributed by atoms with E-state index in [1.807, 2.05) is 0 Å². The molecule has 0 saturated carbocycles. The third kappa shape index (κ3) is 1.76. The summed E-state index contributed by atoms with van der Waals surface area (Å²) in [6.07, 6.45) is 0. The first-order chi connectivity index (χ1) is 5.75. The molecule has 0 saturated heterocycles. The summed E-state index contributed by atoms with van der Waals surface area (Å²) < 4.78 is 6.00. The predicted molar refractivity (Wildman–Crippen MR) is 36.4 cm³/mol. The van der Waals surface area contributed by atoms with Crippen LogP contribution >= 0.6 is 0 Å². The highest BCUT2D eigenvalue weighted by molar-refractivity contribution is 5.82. The third-order valence-corrected chi connectivity index (χ3v) is 1.14. The molecule has 0 unspecified atom stereocenters. The fourth-order valence-electron chi connectivity index (χ4n) is 0.623. The molecule has 0 spiro atoms. The Hall–Kier alpha value is -1.50. The van der Waals surface area contributed by atoms with Crippen molar-refractivity contribution in [2.24, 2.45) is 0 Å². The summed E-state index contributed by atoms with van der Waals surface area (Å²) in [6, 6.07) is 0. The van der Waals surface area contributed by atoms with Crippen LogP contribution in [-0.2, 0) is 11.5 Å². The van der Waals surface area contributed by atoms with E-state index in [0.717, 1.165) is 4.68 Å². The average Bonchev–Trinajstić information content (AvgIpc) is 2.48. The second kappa shape index (κ2) is 3.77. The van der Waals surface area contributed by atoms with E-state index in [9.17, 15) is 4.79 Å². The number of rotatable bonds is 4. The first kappa shape index (κ1) is 8.60. The van der Waals surface area contributed by atoms with Crippen molar-refractivity contribution in [2.45, 2.75) is 13.7 Å². The van der Waals surface area contributed by atoms with Gasteiger partial charge in [0.25, 0.3) is 5.82 Å². The van der Waals surface area contributed by atoms with Gasteiger partial charge in [-0.2, -0.15) is 4.68 Å². The first-order valence-corrected chi connectivity index (χ1v) is 3.33. The molecule has 0 amide bonds. The maximum atomic E-state index is 10.4. The van der Waals surface area contributed by atoms with Crippen molar-refractivity contribution >= 4 is 5.97 Å². The van der Waals surface area contributed by atoms with E-state index >= 15 is 0 Å². The highest BCUT2D eigenvalue weighted by atomic mass is 16.5. The summed E-state index contributed by atoms with van der Waals surface area (Å²) in [5, 5.41) is 18.4. The quantitative estimate of drug-likeness (QED) is 0.650. The van der Waals surface area contributed by atoms with Crippen LogP contribution in [0.1, 0.15) is 17.5 Å². The van der Waals surface area contributed by atoms with Gasteiger partial charge in [0.15, 0.2) is 0 Å². The highest BCUT2D eigenvalue weighted by Crippen LogP contribution is 1.91. The highest BCUT2D eigenvalue weighted by Gasteiger charge is 2.12. The lowest BCUT2D eigenvalue weighted by Gasteiger charge is -1.99. The Morgan fingerprint density at radius 3 is 3.08 bits per heavy atom. The number of tetrazole rings is 1. The average molecular weight is 172 g/mol. The molecule has 1 aromatic rings. The number of ether oxygens (including phenoxy) is 1. The van der Waals surface area contributed by atoms with Crippen LogP contribution in [0.25, 0.3) is 0 Å². The molecule has 0 aliphatic heterocycles. The molecule has 0 bridgehead atoms. The Morgan fingerprint density at radius 2 is 2.50 bits per heavy atom. The van der Waals surface area contributed by atoms with Crippen LogP contribution in [0.3, 0.4) is 0 Å². The predicted octanol–water partition coefficient (Wildman–Crippen LogP) is -0.635. The van der Waals surface area contributed by atoms with Gasteiger partial charge in [0.1, 0.15) is 6.73 Å². The molecule has 7 nitrogen and oxygen atoms in total. The van der Waals surface area contributed by atoms with E-state index < -0.39 is 5.97 Å². The molecule has 0 fully saturated rings. The molecule has 1 N–H and O–H groups in total. The van der Waals surface area contributed by atoms with Gasteiger partial charge in [0.05, 0.1) is 0 Å². The van der Waals surface area contributed by atoms with Crippen LogP contribution in [0.5, 0.6) is 0 Å². The van der Waals surface area contributed by atoms with Crippen molar-refractivity contribution in [2.75, 3.05) is 6.61 Å². The Bertz CT molecular complexity index is 271. The molecular weight excluding hydrogens is 164 g/mol. The van der Waals surface area contributed by atoms with Crippen molar-refractivity contribution in [3.05, 3.63) is 5.82 Å². The van der Waals surface area contributed by atoms with Crippen molar-refractivity contribution in [1.82, 2.24) is 20.2 Å². The number of carboxylic acid groups (broad SMARTS) is 1. The lowest BCUT2D eigenvalue weighted by Crippen LogP contribution is -2.13. The number of nitrogens with zero attached hydrogens (tertiary/aromatic N) is 4. The summed E-state index contributed by atoms with van der Waals surface area (Å²) in [5.74, 6) is -1.39. The van der Waals surface area contributed by atoms with Crippen LogP contribution in [0.2, 0.25) is 0 Å². The molecule has 1 heterocycles. The number of aromatic nitrogens is 4. The number of carbonyl (C=O) groups is 1. The smallest absolute Gasteiger partial charge is 0.375 e. The van der Waals surface area contributed by atoms with Gasteiger partial charge in [-0.15, -0.1) is 5.10 Å². The SMILES string of the molecule is CCOCn1nnnc1C(=O)O. The molecule has 0 atom stereocenters. The fraction of sp³-hybridized carbons (Fsp3) is 0.600. The zero-order chi connectivity index (χ0) is 8.97. The van der Waals surface area contributed by atoms with Crippen molar-refractivity contribution in [3.63, 3.8) is 0 Å². The second-order valence-electron chi connectivity index (χ2n) is 1.93. The number of aromatic carboxylic acids is 1. The van der Waals surface area contributed by atoms with Crippen LogP contribution < -0.4 is 0 Å². The third-order valence-electron chi connectivity index (χ3n) is 1.14. The summed E-state index contributed by atoms with van der Waals surface area (Å²) in [4.78, 5) is 10.4. The minimum atomic E-state index is -1.17. The van der Waals surface area contributed by atoms with Crippen molar-refractivity contribution in [3.8, 4) is 0 Å². The summed E-state index contributed by atoms with van der Waals surface area (Å²) in [6.45, 7) is 2.34. The van der Waals surface area contributed by atoms with E-state index in [-0.39, 0.29) is 12.6 Å². The van der Waals surface area contributed by atoms with Crippen LogP contribution in [-0.4, -0.2) is 37.9 Å². The molecule has 12 heavy (non-hydrogen) atoms. The minimum Gasteiger partial charge on any atom is -0.475 e. The van der Waals surface area contributed by atoms with Crippen LogP contribution in [0.4, 0.5) is 0 Å². The molecule has 1 rings (SSSR count). The van der Waals surface area contributed by atoms with Gasteiger partial charge >= 0.3 is 5.97 Å². The molecule has 1 aromatic heterocycles. The van der Waals surface area contributed by atoms with E-state index in [1.54, 1.807) is 6.92 Å². The summed E-state index contributed by atoms with van der Waals surface area (Å²) in [7, 11) is 0. The van der Waals surface area contributed by atoms with Crippen LogP contribution in [0.15, 0.2) is 0 Å². The summed E-state index contributed by atoms with van der Waals surface area (Å²) >= 11 is 0. The normalized spacial score (nSPS) is 10.1. The van der Waals surface area contributed by atoms with Crippen molar-refractivity contribution < 1.29 is 14.6 Å². The molecule has 0 radical (unpaired) electrons. The Kier molecular flexibility index (Phi) is 2.70. The monoisotopic (exact) mass is 172 g/mol. The van der Waals surface area contributed by atoms with Crippen LogP contribution in [0, 0.1) is 0 Å². The lowest BCUT2D eigenvalue weighted by atomic mass is 10.6. The van der Waals surface area contributed by atoms with E-state index in [2.05, 4.69) is 15.5 Å². The minimum absolute atomic E-state index is 0.0606. The Morgan fingerprint density at radius 1 is 1.75 bits per heavy atom. The first-order valence-electron chi connectivity index (χ1n) is 3.33. The van der Waals surface area contributed by atoms with Gasteiger partial charge in [-0.3, -0.25) is 0 Å². The van der Waals surface area contributed by atoms with E-state index in [0.29, 0.717) is 6.61 Å². The fourth-order valence-corrected chi connectivity index (χ4v) is 0.623. The molecule has 0 aliphatic carbocycles. The lowest BCUT2D eigenvalue weighted by molar-refractivity contribution is 0.0582. The van der Waals surface area contributed by atoms with E-state index in [4.69, 9.17) is 9.84 Å². The molecule has 0 aromatic carbocycles. The standard InChI is InChI=1S/C5H8N4O3/c1-2-12-3-9-4(5(10)11)6-7-8-9/h2-3H2,1H3,(H,10,11). The van der Waals surface area contributed by atoms with Gasteiger partial charge < -0.3 is 9.84 Å². The maximum Gasteiger partial charge on any atom is 0.375 e. The van der Waals surface area contributed by atoms with Gasteiger partial charge in [-0.1, -0.05) is 0 Å². The Balaban J connectivity index is 2.70. The Labute approximate surface area is 67.9 Å². The zero-order valence-electron chi connectivity index (χ0n) is 6.47. The summed E-state index contributed by atoms with van der Waals surface area (Å²) in [5.41, 5.74) is 0. The molecule has 0 aliphatic rings. The van der Waals surface area contributed by atoms with Gasteiger partial charge in [0, 0.05) is 6.61 Å².